The summed E-state index contributed by atoms with van der Waals surface area (Å²) in [6.45, 7) is 21.3. The molecule has 108 heavy (non-hydrogen) atoms. The van der Waals surface area contributed by atoms with Crippen LogP contribution in [0.15, 0.2) is 48.9 Å². The van der Waals surface area contributed by atoms with Crippen molar-refractivity contribution in [1.29, 1.82) is 0 Å². The SMILES string of the molecule is COC1CC(O)CC(=O)OC(C(C)C(O)C(C)CCC(=O)C(C)C(OC)C(C)C=CN(C)C=O)C(C)C(O)CC(O)C(C)C(OC)CC2CC=CC(CC(OC)CC(O)CC(=O)OC(C(C)C(O)C(C)CCC(=O)C(C)C(OC)C(C)C=CN(C)C=O)C(C)C(O)CC(O)C(C)C(OC)CC3CC=CC(C1)O3)O2. The van der Waals surface area contributed by atoms with Crippen LogP contribution in [0.25, 0.3) is 0 Å². The van der Waals surface area contributed by atoms with Gasteiger partial charge in [0.1, 0.15) is 23.8 Å². The molecule has 0 aromatic heterocycles. The first-order chi connectivity index (χ1) is 50.9. The summed E-state index contributed by atoms with van der Waals surface area (Å²) in [7, 11) is 12.3. The molecule has 0 spiro atoms. The summed E-state index contributed by atoms with van der Waals surface area (Å²) in [6, 6.07) is 0. The molecule has 3 heterocycles. The molecule has 624 valence electrons. The van der Waals surface area contributed by atoms with Gasteiger partial charge in [0.15, 0.2) is 0 Å². The lowest BCUT2D eigenvalue weighted by Crippen LogP contribution is -2.46. The summed E-state index contributed by atoms with van der Waals surface area (Å²) in [5, 5.41) is 95.6. The number of ketones is 2. The molecule has 4 bridgehead atoms. The maximum atomic E-state index is 14.2. The third-order valence-electron chi connectivity index (χ3n) is 23.6. The molecule has 3 aliphatic heterocycles. The highest BCUT2D eigenvalue weighted by Gasteiger charge is 2.43. The molecule has 26 heteroatoms. The van der Waals surface area contributed by atoms with Gasteiger partial charge in [0.2, 0.25) is 12.8 Å². The number of carbonyl (C=O) groups excluding carboxylic acids is 6. The van der Waals surface area contributed by atoms with Gasteiger partial charge >= 0.3 is 11.9 Å². The zero-order chi connectivity index (χ0) is 81.4. The lowest BCUT2D eigenvalue weighted by atomic mass is 9.78. The normalized spacial score (nSPS) is 34.1. The van der Waals surface area contributed by atoms with Crippen LogP contribution >= 0.6 is 0 Å². The Balaban J connectivity index is 1.99. The maximum absolute atomic E-state index is 14.2. The van der Waals surface area contributed by atoms with Crippen molar-refractivity contribution in [3.8, 4) is 0 Å². The maximum Gasteiger partial charge on any atom is 0.308 e. The van der Waals surface area contributed by atoms with Gasteiger partial charge in [0, 0.05) is 180 Å². The summed E-state index contributed by atoms with van der Waals surface area (Å²) in [6.07, 6.45) is 0.115. The number of nitrogens with zero attached hydrogens (tertiary/aromatic N) is 2. The van der Waals surface area contributed by atoms with Gasteiger partial charge in [0.05, 0.1) is 123 Å². The van der Waals surface area contributed by atoms with Gasteiger partial charge in [-0.15, -0.1) is 0 Å². The Labute approximate surface area is 645 Å². The van der Waals surface area contributed by atoms with E-state index < -0.39 is 206 Å². The number of hydrogen-bond donors (Lipinski definition) is 8. The number of Topliss-reactive ketones (excluding diaryl/α,β-unsaturated/α-hetero) is 2. The molecule has 3 rings (SSSR count). The van der Waals surface area contributed by atoms with E-state index in [0.717, 1.165) is 0 Å². The standard InChI is InChI=1S/C82H142N2O24/c1-47(27-29-67(89)53(7)79(103-19)49(3)31-33-83(13)45-85)77(97)57(11)81-55(9)71(93)43-69(91)51(5)73(101-17)41-63-25-22-24-62(106-63)40-66(100-16)36-60(88)38-76(96)108-82(58(12)78(98)48(2)28-30-68(90)54(8)80(104-20)50(4)32-34-84(14)46-86)56(10)72(94)44-70(92)52(6)74(102-18)42-64-26-21-23-61(105-64)39-65(99-15)35-59(87)37-75(95)107-81/h21-24,31-34,45-66,69-74,77-82,87-88,91-94,97-98H,25-30,35-44H2,1-20H3. The first-order valence-electron chi connectivity index (χ1n) is 39.4. The highest BCUT2D eigenvalue weighted by Crippen LogP contribution is 2.37. The number of carbonyl (C=O) groups is 6. The van der Waals surface area contributed by atoms with Crippen LogP contribution in [0.2, 0.25) is 0 Å². The molecule has 26 nitrogen and oxygen atoms in total. The Morgan fingerprint density at radius 1 is 0.500 bits per heavy atom. The molecule has 32 atom stereocenters. The van der Waals surface area contributed by atoms with Crippen LogP contribution < -0.4 is 0 Å². The molecule has 32 unspecified atom stereocenters. The largest absolute Gasteiger partial charge is 0.462 e. The van der Waals surface area contributed by atoms with Crippen molar-refractivity contribution in [2.24, 2.45) is 71.0 Å². The second-order valence-corrected chi connectivity index (χ2v) is 32.0. The summed E-state index contributed by atoms with van der Waals surface area (Å²) in [5.41, 5.74) is 0. The second kappa shape index (κ2) is 49.9. The monoisotopic (exact) mass is 1540 g/mol. The average molecular weight is 1540 g/mol. The Morgan fingerprint density at radius 3 is 1.14 bits per heavy atom. The quantitative estimate of drug-likeness (QED) is 0.0194. The Hall–Kier alpha value is -4.46. The molecule has 0 radical (unpaired) electrons. The van der Waals surface area contributed by atoms with E-state index in [-0.39, 0.29) is 87.6 Å². The number of amides is 2. The minimum absolute atomic E-state index is 0.00740. The number of ether oxygens (including phenoxy) is 10. The van der Waals surface area contributed by atoms with Crippen molar-refractivity contribution >= 4 is 36.3 Å². The highest BCUT2D eigenvalue weighted by molar-refractivity contribution is 5.81. The van der Waals surface area contributed by atoms with E-state index in [0.29, 0.717) is 38.5 Å². The third kappa shape index (κ3) is 31.8. The molecule has 2 amide bonds. The van der Waals surface area contributed by atoms with E-state index >= 15 is 0 Å². The van der Waals surface area contributed by atoms with E-state index in [1.807, 2.05) is 38.2 Å². The number of esters is 2. The van der Waals surface area contributed by atoms with E-state index in [4.69, 9.17) is 47.4 Å². The highest BCUT2D eigenvalue weighted by atomic mass is 16.6. The van der Waals surface area contributed by atoms with Crippen LogP contribution in [0.5, 0.6) is 0 Å². The number of aliphatic hydroxyl groups excluding tert-OH is 8. The smallest absolute Gasteiger partial charge is 0.308 e. The number of cyclic esters (lactones) is 2. The molecule has 1 fully saturated rings. The average Bonchev–Trinajstić information content (AvgIpc) is 0.850. The number of fused-ring (bicyclic) bond motifs is 4. The molecule has 8 N–H and O–H groups in total. The van der Waals surface area contributed by atoms with Crippen LogP contribution in [0.4, 0.5) is 0 Å². The van der Waals surface area contributed by atoms with Gasteiger partial charge in [-0.25, -0.2) is 0 Å². The summed E-state index contributed by atoms with van der Waals surface area (Å²) in [4.78, 5) is 81.1. The molecule has 0 aromatic rings. The van der Waals surface area contributed by atoms with Gasteiger partial charge in [-0.05, 0) is 50.4 Å². The second-order valence-electron chi connectivity index (χ2n) is 32.0. The summed E-state index contributed by atoms with van der Waals surface area (Å²) < 4.78 is 60.9. The number of rotatable bonds is 30. The van der Waals surface area contributed by atoms with E-state index in [2.05, 4.69) is 0 Å². The molecule has 0 saturated carbocycles. The van der Waals surface area contributed by atoms with Crippen molar-refractivity contribution in [3.63, 3.8) is 0 Å². The van der Waals surface area contributed by atoms with Gasteiger partial charge < -0.3 is 98.0 Å². The van der Waals surface area contributed by atoms with Gasteiger partial charge in [-0.3, -0.25) is 28.8 Å². The zero-order valence-corrected chi connectivity index (χ0v) is 68.6. The molecule has 3 aliphatic rings. The Bertz CT molecular complexity index is 2540. The van der Waals surface area contributed by atoms with Gasteiger partial charge in [0.25, 0.3) is 0 Å². The van der Waals surface area contributed by atoms with Crippen LogP contribution in [0, 0.1) is 71.0 Å². The Kier molecular flexibility index (Phi) is 45.2. The van der Waals surface area contributed by atoms with E-state index in [1.165, 1.54) is 52.5 Å². The Morgan fingerprint density at radius 2 is 0.833 bits per heavy atom. The van der Waals surface area contributed by atoms with E-state index in [1.54, 1.807) is 108 Å². The zero-order valence-electron chi connectivity index (χ0n) is 68.6. The van der Waals surface area contributed by atoms with Crippen molar-refractivity contribution in [1.82, 2.24) is 9.80 Å². The van der Waals surface area contributed by atoms with Crippen molar-refractivity contribution in [3.05, 3.63) is 48.9 Å². The topological polar surface area (TPSA) is 363 Å². The molecule has 0 aliphatic carbocycles. The fourth-order valence-electron chi connectivity index (χ4n) is 15.8. The molecule has 0 aromatic carbocycles. The van der Waals surface area contributed by atoms with Crippen molar-refractivity contribution < 1.29 is 117 Å². The molecule has 1 saturated heterocycles. The number of aliphatic hydroxyl groups is 8. The number of hydrogen-bond acceptors (Lipinski definition) is 24. The van der Waals surface area contributed by atoms with E-state index in [9.17, 15) is 69.6 Å². The van der Waals surface area contributed by atoms with Crippen LogP contribution in [0.1, 0.15) is 186 Å². The fraction of sp³-hybridized carbons (Fsp3) is 0.829. The van der Waals surface area contributed by atoms with Crippen LogP contribution in [-0.4, -0.2) is 266 Å². The van der Waals surface area contributed by atoms with Gasteiger partial charge in [-0.2, -0.15) is 0 Å². The predicted octanol–water partition coefficient (Wildman–Crippen LogP) is 7.66. The lowest BCUT2D eigenvalue weighted by Gasteiger charge is -2.38. The van der Waals surface area contributed by atoms with Crippen molar-refractivity contribution in [2.75, 3.05) is 56.8 Å². The number of methoxy groups -OCH3 is 6. The third-order valence-corrected chi connectivity index (χ3v) is 23.6. The minimum Gasteiger partial charge on any atom is -0.462 e. The summed E-state index contributed by atoms with van der Waals surface area (Å²) in [5.74, 6) is -8.96. The van der Waals surface area contributed by atoms with Crippen LogP contribution in [0.3, 0.4) is 0 Å². The first kappa shape index (κ1) is 97.7. The molecular formula is C82H142N2O24. The lowest BCUT2D eigenvalue weighted by molar-refractivity contribution is -0.167. The molecular weight excluding hydrogens is 1400 g/mol. The fourth-order valence-corrected chi connectivity index (χ4v) is 15.8. The minimum atomic E-state index is -1.30. The summed E-state index contributed by atoms with van der Waals surface area (Å²) >= 11 is 0. The van der Waals surface area contributed by atoms with Gasteiger partial charge in [-0.1, -0.05) is 120 Å². The van der Waals surface area contributed by atoms with Crippen LogP contribution in [-0.2, 0) is 76.1 Å². The predicted molar refractivity (Wildman–Crippen MR) is 408 cm³/mol. The van der Waals surface area contributed by atoms with Crippen molar-refractivity contribution in [2.45, 2.75) is 308 Å². The first-order valence-corrected chi connectivity index (χ1v) is 39.4.